The maximum atomic E-state index is 14.0. The number of hydrogen-bond donors (Lipinski definition) is 1. The van der Waals surface area contributed by atoms with E-state index in [1.165, 1.54) is 17.7 Å². The summed E-state index contributed by atoms with van der Waals surface area (Å²) in [5, 5.41) is 7.81. The zero-order chi connectivity index (χ0) is 21.1. The number of rotatable bonds is 6. The Morgan fingerprint density at radius 1 is 1.13 bits per heavy atom. The molecule has 0 radical (unpaired) electrons. The fourth-order valence-electron chi connectivity index (χ4n) is 3.95. The molecule has 0 bridgehead atoms. The Balaban J connectivity index is 1.55. The molecule has 2 aromatic heterocycles. The van der Waals surface area contributed by atoms with Crippen molar-refractivity contribution in [1.29, 1.82) is 0 Å². The lowest BCUT2D eigenvalue weighted by Crippen LogP contribution is -2.43. The number of ether oxygens (including phenoxy) is 1. The monoisotopic (exact) mass is 409 g/mol. The zero-order valence-corrected chi connectivity index (χ0v) is 17.8. The molecular formula is C23H28FN5O. The van der Waals surface area contributed by atoms with Crippen molar-refractivity contribution in [2.24, 2.45) is 7.05 Å². The summed E-state index contributed by atoms with van der Waals surface area (Å²) >= 11 is 0. The molecule has 3 heterocycles. The number of nitrogens with one attached hydrogen (secondary N) is 1. The van der Waals surface area contributed by atoms with Crippen molar-refractivity contribution < 1.29 is 9.13 Å². The van der Waals surface area contributed by atoms with Crippen LogP contribution >= 0.6 is 0 Å². The van der Waals surface area contributed by atoms with Gasteiger partial charge < -0.3 is 15.0 Å². The highest BCUT2D eigenvalue weighted by atomic mass is 19.1. The van der Waals surface area contributed by atoms with Crippen molar-refractivity contribution in [3.8, 4) is 16.9 Å². The van der Waals surface area contributed by atoms with Gasteiger partial charge in [-0.2, -0.15) is 5.10 Å². The van der Waals surface area contributed by atoms with Crippen molar-refractivity contribution in [2.45, 2.75) is 20.3 Å². The van der Waals surface area contributed by atoms with Crippen LogP contribution in [0.3, 0.4) is 0 Å². The molecule has 0 atom stereocenters. The molecule has 0 saturated carbocycles. The Labute approximate surface area is 176 Å². The van der Waals surface area contributed by atoms with Crippen LogP contribution in [0.4, 0.5) is 10.2 Å². The van der Waals surface area contributed by atoms with E-state index >= 15 is 0 Å². The fourth-order valence-corrected chi connectivity index (χ4v) is 3.95. The highest BCUT2D eigenvalue weighted by Gasteiger charge is 2.15. The Morgan fingerprint density at radius 2 is 1.93 bits per heavy atom. The molecule has 30 heavy (non-hydrogen) atoms. The first-order chi connectivity index (χ1) is 14.5. The highest BCUT2D eigenvalue weighted by molar-refractivity contribution is 5.72. The average molecular weight is 410 g/mol. The quantitative estimate of drug-likeness (QED) is 0.677. The largest absolute Gasteiger partial charge is 0.492 e. The number of aryl methyl sites for hydroxylation is 2. The van der Waals surface area contributed by atoms with Gasteiger partial charge in [0.05, 0.1) is 12.3 Å². The minimum atomic E-state index is -0.307. The van der Waals surface area contributed by atoms with Gasteiger partial charge in [0, 0.05) is 63.2 Å². The molecule has 158 valence electrons. The third-order valence-electron chi connectivity index (χ3n) is 5.71. The second-order valence-corrected chi connectivity index (χ2v) is 7.65. The van der Waals surface area contributed by atoms with Gasteiger partial charge in [-0.25, -0.2) is 9.37 Å². The average Bonchev–Trinajstić information content (AvgIpc) is 3.00. The first-order valence-corrected chi connectivity index (χ1v) is 10.4. The van der Waals surface area contributed by atoms with Gasteiger partial charge in [-0.15, -0.1) is 0 Å². The van der Waals surface area contributed by atoms with Gasteiger partial charge in [-0.05, 0) is 49.2 Å². The molecule has 6 nitrogen and oxygen atoms in total. The molecule has 7 heteroatoms. The summed E-state index contributed by atoms with van der Waals surface area (Å²) in [7, 11) is 1.94. The predicted octanol–water partition coefficient (Wildman–Crippen LogP) is 3.27. The number of piperazine rings is 1. The minimum absolute atomic E-state index is 0.307. The summed E-state index contributed by atoms with van der Waals surface area (Å²) in [4.78, 5) is 6.80. The molecule has 1 saturated heterocycles. The Kier molecular flexibility index (Phi) is 5.99. The van der Waals surface area contributed by atoms with E-state index in [0.717, 1.165) is 60.9 Å². The first kappa shape index (κ1) is 20.3. The van der Waals surface area contributed by atoms with Gasteiger partial charge in [0.2, 0.25) is 0 Å². The zero-order valence-electron chi connectivity index (χ0n) is 17.8. The van der Waals surface area contributed by atoms with E-state index in [4.69, 9.17) is 4.74 Å². The van der Waals surface area contributed by atoms with Crippen molar-refractivity contribution in [3.05, 3.63) is 59.3 Å². The van der Waals surface area contributed by atoms with E-state index in [2.05, 4.69) is 33.3 Å². The third-order valence-corrected chi connectivity index (χ3v) is 5.71. The maximum Gasteiger partial charge on any atom is 0.130 e. The number of nitrogens with zero attached hydrogens (tertiary/aromatic N) is 4. The predicted molar refractivity (Wildman–Crippen MR) is 117 cm³/mol. The molecule has 3 aromatic rings. The smallest absolute Gasteiger partial charge is 0.130 e. The number of anilines is 1. The lowest BCUT2D eigenvalue weighted by atomic mass is 10.1. The molecule has 0 spiro atoms. The standard InChI is InChI=1S/C23H28FN5O/c1-16-20(17(2)28(3)27-16)7-13-30-22-15-19(24)4-5-21(22)18-6-8-26-23(14-18)29-11-9-25-10-12-29/h4-6,8,14-15,25H,7,9-13H2,1-3H3. The van der Waals surface area contributed by atoms with Gasteiger partial charge >= 0.3 is 0 Å². The Hall–Kier alpha value is -2.93. The van der Waals surface area contributed by atoms with Crippen LogP contribution in [0.15, 0.2) is 36.5 Å². The van der Waals surface area contributed by atoms with E-state index in [0.29, 0.717) is 12.4 Å². The van der Waals surface area contributed by atoms with Crippen LogP contribution in [-0.2, 0) is 13.5 Å². The Morgan fingerprint density at radius 3 is 2.67 bits per heavy atom. The highest BCUT2D eigenvalue weighted by Crippen LogP contribution is 2.32. The molecular weight excluding hydrogens is 381 g/mol. The van der Waals surface area contributed by atoms with Crippen molar-refractivity contribution >= 4 is 5.82 Å². The van der Waals surface area contributed by atoms with Crippen molar-refractivity contribution in [2.75, 3.05) is 37.7 Å². The number of benzene rings is 1. The molecule has 1 aromatic carbocycles. The second-order valence-electron chi connectivity index (χ2n) is 7.65. The summed E-state index contributed by atoms with van der Waals surface area (Å²) in [6.45, 7) is 8.26. The second kappa shape index (κ2) is 8.83. The van der Waals surface area contributed by atoms with E-state index in [1.807, 2.05) is 30.9 Å². The van der Waals surface area contributed by atoms with Crippen LogP contribution < -0.4 is 15.0 Å². The molecule has 1 aliphatic heterocycles. The summed E-state index contributed by atoms with van der Waals surface area (Å²) in [6.07, 6.45) is 2.53. The number of pyridine rings is 1. The van der Waals surface area contributed by atoms with Gasteiger partial charge in [0.1, 0.15) is 17.4 Å². The van der Waals surface area contributed by atoms with Gasteiger partial charge in [0.25, 0.3) is 0 Å². The number of aromatic nitrogens is 3. The van der Waals surface area contributed by atoms with E-state index < -0.39 is 0 Å². The van der Waals surface area contributed by atoms with E-state index in [9.17, 15) is 4.39 Å². The summed E-state index contributed by atoms with van der Waals surface area (Å²) < 4.78 is 21.9. The lowest BCUT2D eigenvalue weighted by molar-refractivity contribution is 0.321. The van der Waals surface area contributed by atoms with Crippen LogP contribution in [-0.4, -0.2) is 47.6 Å². The van der Waals surface area contributed by atoms with Crippen LogP contribution in [0, 0.1) is 19.7 Å². The van der Waals surface area contributed by atoms with Crippen molar-refractivity contribution in [1.82, 2.24) is 20.1 Å². The van der Waals surface area contributed by atoms with E-state index in [1.54, 1.807) is 6.07 Å². The molecule has 0 unspecified atom stereocenters. The molecule has 4 rings (SSSR count). The minimum Gasteiger partial charge on any atom is -0.492 e. The van der Waals surface area contributed by atoms with Gasteiger partial charge in [-0.3, -0.25) is 4.68 Å². The van der Waals surface area contributed by atoms with Crippen LogP contribution in [0.25, 0.3) is 11.1 Å². The van der Waals surface area contributed by atoms with Gasteiger partial charge in [0.15, 0.2) is 0 Å². The number of halogens is 1. The summed E-state index contributed by atoms with van der Waals surface area (Å²) in [5.41, 5.74) is 5.16. The third kappa shape index (κ3) is 4.31. The molecule has 0 amide bonds. The normalized spacial score (nSPS) is 14.2. The Bertz CT molecular complexity index is 1030. The number of hydrogen-bond acceptors (Lipinski definition) is 5. The lowest BCUT2D eigenvalue weighted by Gasteiger charge is -2.28. The molecule has 1 N–H and O–H groups in total. The van der Waals surface area contributed by atoms with Crippen molar-refractivity contribution in [3.63, 3.8) is 0 Å². The van der Waals surface area contributed by atoms with Crippen LogP contribution in [0.5, 0.6) is 5.75 Å². The summed E-state index contributed by atoms with van der Waals surface area (Å²) in [5.74, 6) is 1.18. The van der Waals surface area contributed by atoms with Crippen LogP contribution in [0.1, 0.15) is 17.0 Å². The van der Waals surface area contributed by atoms with E-state index in [-0.39, 0.29) is 5.82 Å². The first-order valence-electron chi connectivity index (χ1n) is 10.4. The maximum absolute atomic E-state index is 14.0. The fraction of sp³-hybridized carbons (Fsp3) is 0.391. The molecule has 1 fully saturated rings. The topological polar surface area (TPSA) is 55.2 Å². The summed E-state index contributed by atoms with van der Waals surface area (Å²) in [6, 6.07) is 8.72. The van der Waals surface area contributed by atoms with Crippen LogP contribution in [0.2, 0.25) is 0 Å². The van der Waals surface area contributed by atoms with Gasteiger partial charge in [-0.1, -0.05) is 0 Å². The molecule has 0 aliphatic carbocycles. The molecule has 1 aliphatic rings. The SMILES string of the molecule is Cc1nn(C)c(C)c1CCOc1cc(F)ccc1-c1ccnc(N2CCNCC2)c1.